The van der Waals surface area contributed by atoms with Crippen LogP contribution in [0.5, 0.6) is 0 Å². The van der Waals surface area contributed by atoms with E-state index in [9.17, 15) is 9.90 Å². The van der Waals surface area contributed by atoms with Gasteiger partial charge in [0.05, 0.1) is 22.7 Å². The zero-order chi connectivity index (χ0) is 12.4. The predicted octanol–water partition coefficient (Wildman–Crippen LogP) is 0.503. The van der Waals surface area contributed by atoms with E-state index in [0.29, 0.717) is 6.54 Å². The SMILES string of the molecule is N=[N+]=NCc1cc2c(s1)c(I)nn2CC(=O)[O-]. The van der Waals surface area contributed by atoms with Crippen LogP contribution < -0.4 is 10.0 Å². The number of aliphatic carboxylic acids is 1. The number of aromatic nitrogens is 2. The molecule has 2 aromatic heterocycles. The number of carboxylic acids is 1. The first-order chi connectivity index (χ1) is 8.11. The molecule has 0 spiro atoms. The average Bonchev–Trinajstić information content (AvgIpc) is 2.78. The number of hydrogen-bond donors (Lipinski definition) is 1. The van der Waals surface area contributed by atoms with Crippen molar-refractivity contribution < 1.29 is 9.90 Å². The van der Waals surface area contributed by atoms with E-state index in [1.54, 1.807) is 0 Å². The normalized spacial score (nSPS) is 10.4. The summed E-state index contributed by atoms with van der Waals surface area (Å²) >= 11 is 3.52. The van der Waals surface area contributed by atoms with E-state index in [1.807, 2.05) is 6.07 Å². The number of nitrogens with one attached hydrogen (secondary N) is 1. The molecule has 7 nitrogen and oxygen atoms in total. The minimum Gasteiger partial charge on any atom is -0.548 e. The van der Waals surface area contributed by atoms with E-state index < -0.39 is 5.97 Å². The third-order valence-corrected chi connectivity index (χ3v) is 4.25. The summed E-state index contributed by atoms with van der Waals surface area (Å²) < 4.78 is 3.06. The van der Waals surface area contributed by atoms with E-state index in [0.717, 1.165) is 18.8 Å². The Morgan fingerprint density at radius 3 is 3.18 bits per heavy atom. The van der Waals surface area contributed by atoms with Gasteiger partial charge in [-0.05, 0) is 28.7 Å². The molecule has 1 N–H and O–H groups in total. The number of carbonyl (C=O) groups is 1. The molecule has 2 rings (SSSR count). The molecule has 0 amide bonds. The van der Waals surface area contributed by atoms with Gasteiger partial charge in [-0.3, -0.25) is 4.68 Å². The van der Waals surface area contributed by atoms with Gasteiger partial charge >= 0.3 is 0 Å². The van der Waals surface area contributed by atoms with Gasteiger partial charge in [0.25, 0.3) is 0 Å². The molecule has 2 aromatic rings. The zero-order valence-electron chi connectivity index (χ0n) is 8.38. The summed E-state index contributed by atoms with van der Waals surface area (Å²) in [6.45, 7) is 0.0554. The van der Waals surface area contributed by atoms with Crippen LogP contribution in [0.15, 0.2) is 11.2 Å². The molecule has 0 aliphatic heterocycles. The Kier molecular flexibility index (Phi) is 3.50. The van der Waals surface area contributed by atoms with Crippen molar-refractivity contribution in [2.75, 3.05) is 0 Å². The monoisotopic (exact) mass is 363 g/mol. The maximum atomic E-state index is 10.6. The lowest BCUT2D eigenvalue weighted by atomic mass is 10.4. The van der Waals surface area contributed by atoms with Crippen LogP contribution in [0.2, 0.25) is 0 Å². The number of rotatable bonds is 4. The molecule has 88 valence electrons. The Hall–Kier alpha value is -1.32. The van der Waals surface area contributed by atoms with E-state index in [4.69, 9.17) is 5.53 Å². The standard InChI is InChI=1S/C8H6IN5O2S/c9-8-7-5(14(12-8)3-6(15)16)1-4(17-7)2-11-13-10/h1,10H,2-3H2. The largest absolute Gasteiger partial charge is 0.548 e. The van der Waals surface area contributed by atoms with Gasteiger partial charge in [0.2, 0.25) is 4.91 Å². The van der Waals surface area contributed by atoms with Crippen molar-refractivity contribution in [1.82, 2.24) is 14.7 Å². The van der Waals surface area contributed by atoms with Gasteiger partial charge in [-0.25, -0.2) is 0 Å². The Balaban J connectivity index is 2.45. The average molecular weight is 363 g/mol. The lowest BCUT2D eigenvalue weighted by molar-refractivity contribution is -0.306. The molecule has 0 unspecified atom stereocenters. The summed E-state index contributed by atoms with van der Waals surface area (Å²) in [6, 6.07) is 1.81. The van der Waals surface area contributed by atoms with Gasteiger partial charge in [0.15, 0.2) is 6.54 Å². The van der Waals surface area contributed by atoms with Crippen LogP contribution >= 0.6 is 33.9 Å². The highest BCUT2D eigenvalue weighted by molar-refractivity contribution is 14.1. The first-order valence-electron chi connectivity index (χ1n) is 4.49. The van der Waals surface area contributed by atoms with E-state index in [1.165, 1.54) is 16.0 Å². The molecular weight excluding hydrogens is 357 g/mol. The topological polar surface area (TPSA) is 108 Å². The fourth-order valence-electron chi connectivity index (χ4n) is 1.40. The van der Waals surface area contributed by atoms with Crippen LogP contribution in [-0.4, -0.2) is 15.7 Å². The van der Waals surface area contributed by atoms with Crippen LogP contribution in [0.1, 0.15) is 4.88 Å². The van der Waals surface area contributed by atoms with Crippen molar-refractivity contribution in [2.45, 2.75) is 13.1 Å². The molecule has 0 radical (unpaired) electrons. The van der Waals surface area contributed by atoms with Gasteiger partial charge in [0.1, 0.15) is 14.3 Å². The van der Waals surface area contributed by atoms with Crippen LogP contribution in [0.25, 0.3) is 10.2 Å². The van der Waals surface area contributed by atoms with Crippen LogP contribution in [0, 0.1) is 9.23 Å². The minimum absolute atomic E-state index is 0.268. The van der Waals surface area contributed by atoms with Crippen molar-refractivity contribution in [3.8, 4) is 0 Å². The van der Waals surface area contributed by atoms with E-state index >= 15 is 0 Å². The highest BCUT2D eigenvalue weighted by Gasteiger charge is 2.13. The number of halogens is 1. The van der Waals surface area contributed by atoms with Crippen LogP contribution in [-0.2, 0) is 17.9 Å². The number of carbonyl (C=O) groups excluding carboxylic acids is 1. The lowest BCUT2D eigenvalue weighted by Crippen LogP contribution is -2.27. The lowest BCUT2D eigenvalue weighted by Gasteiger charge is -2.01. The zero-order valence-corrected chi connectivity index (χ0v) is 11.4. The van der Waals surface area contributed by atoms with Crippen LogP contribution in [0.4, 0.5) is 0 Å². The Morgan fingerprint density at radius 1 is 1.76 bits per heavy atom. The molecule has 0 saturated heterocycles. The highest BCUT2D eigenvalue weighted by atomic mass is 127. The van der Waals surface area contributed by atoms with Crippen molar-refractivity contribution >= 4 is 50.1 Å². The van der Waals surface area contributed by atoms with Crippen molar-refractivity contribution in [3.05, 3.63) is 14.6 Å². The predicted molar refractivity (Wildman–Crippen MR) is 66.3 cm³/mol. The molecular formula is C8H6IN5O2S. The summed E-state index contributed by atoms with van der Waals surface area (Å²) in [6.07, 6.45) is 0. The number of fused-ring (bicyclic) bond motifs is 1. The molecule has 0 aliphatic rings. The number of nitrogens with zero attached hydrogens (tertiary/aromatic N) is 4. The second kappa shape index (κ2) is 4.90. The molecule has 17 heavy (non-hydrogen) atoms. The Labute approximate surface area is 113 Å². The van der Waals surface area contributed by atoms with Gasteiger partial charge in [-0.2, -0.15) is 5.10 Å². The van der Waals surface area contributed by atoms with Crippen molar-refractivity contribution in [2.24, 2.45) is 5.11 Å². The van der Waals surface area contributed by atoms with Crippen LogP contribution in [0.3, 0.4) is 0 Å². The molecule has 0 atom stereocenters. The number of carboxylic acid groups (broad SMARTS) is 1. The Morgan fingerprint density at radius 2 is 2.53 bits per heavy atom. The van der Waals surface area contributed by atoms with E-state index in [-0.39, 0.29) is 6.54 Å². The molecule has 0 saturated carbocycles. The molecule has 0 aromatic carbocycles. The third-order valence-electron chi connectivity index (χ3n) is 2.01. The molecule has 0 aliphatic carbocycles. The summed E-state index contributed by atoms with van der Waals surface area (Å²) in [5, 5.41) is 18.3. The molecule has 2 heterocycles. The van der Waals surface area contributed by atoms with E-state index in [2.05, 4.69) is 37.7 Å². The quantitative estimate of drug-likeness (QED) is 0.485. The summed E-state index contributed by atoms with van der Waals surface area (Å²) in [5.74, 6) is -1.18. The van der Waals surface area contributed by atoms with Crippen molar-refractivity contribution in [1.29, 1.82) is 5.53 Å². The smallest absolute Gasteiger partial charge is 0.214 e. The van der Waals surface area contributed by atoms with Gasteiger partial charge in [-0.1, -0.05) is 0 Å². The third kappa shape index (κ3) is 2.51. The first-order valence-corrected chi connectivity index (χ1v) is 6.39. The fourth-order valence-corrected chi connectivity index (χ4v) is 3.22. The number of thiophene rings is 1. The fraction of sp³-hybridized carbons (Fsp3) is 0.250. The number of hydrogen-bond acceptors (Lipinski definition) is 6. The first kappa shape index (κ1) is 12.1. The van der Waals surface area contributed by atoms with Gasteiger partial charge in [0, 0.05) is 4.88 Å². The second-order valence-electron chi connectivity index (χ2n) is 3.15. The van der Waals surface area contributed by atoms with Gasteiger partial charge in [-0.15, -0.1) is 11.3 Å². The molecule has 0 bridgehead atoms. The van der Waals surface area contributed by atoms with Gasteiger partial charge < -0.3 is 9.90 Å². The second-order valence-corrected chi connectivity index (χ2v) is 5.31. The summed E-state index contributed by atoms with van der Waals surface area (Å²) in [4.78, 5) is 14.4. The van der Waals surface area contributed by atoms with Crippen molar-refractivity contribution in [3.63, 3.8) is 0 Å². The Bertz CT molecular complexity index is 627. The molecule has 0 fully saturated rings. The maximum Gasteiger partial charge on any atom is 0.214 e. The maximum absolute atomic E-state index is 10.6. The molecule has 9 heteroatoms. The highest BCUT2D eigenvalue weighted by Crippen LogP contribution is 2.30. The summed E-state index contributed by atoms with van der Waals surface area (Å²) in [5.41, 5.74) is 7.33. The minimum atomic E-state index is -1.18. The summed E-state index contributed by atoms with van der Waals surface area (Å²) in [7, 11) is 0.